The summed E-state index contributed by atoms with van der Waals surface area (Å²) in [6, 6.07) is 24.6. The number of likely N-dealkylation sites (tertiary alicyclic amines) is 3. The molecule has 10 rings (SSSR count). The van der Waals surface area contributed by atoms with E-state index in [2.05, 4.69) is 17.1 Å². The summed E-state index contributed by atoms with van der Waals surface area (Å²) in [5.74, 6) is -3.10. The first kappa shape index (κ1) is 46.2. The third-order valence-corrected chi connectivity index (χ3v) is 14.9. The van der Waals surface area contributed by atoms with Crippen molar-refractivity contribution < 1.29 is 52.5 Å². The fourth-order valence-electron chi connectivity index (χ4n) is 12.1. The van der Waals surface area contributed by atoms with Gasteiger partial charge >= 0.3 is 23.9 Å². The number of para-hydroxylation sites is 1. The number of carbonyl (C=O) groups is 6. The molecule has 6 atom stereocenters. The fourth-order valence-corrected chi connectivity index (χ4v) is 12.1. The molecule has 3 fully saturated rings. The van der Waals surface area contributed by atoms with Crippen molar-refractivity contribution in [2.24, 2.45) is 21.3 Å². The molecular formula is C53H52N6O11. The molecule has 2 amide bonds. The van der Waals surface area contributed by atoms with E-state index in [0.717, 1.165) is 22.4 Å². The topological polar surface area (TPSA) is 186 Å². The van der Waals surface area contributed by atoms with Crippen LogP contribution in [0.25, 0.3) is 0 Å². The molecule has 6 aliphatic heterocycles. The highest BCUT2D eigenvalue weighted by atomic mass is 16.5. The minimum atomic E-state index is -1.17. The molecule has 1 aliphatic carbocycles. The summed E-state index contributed by atoms with van der Waals surface area (Å²) in [4.78, 5) is 101. The number of hydrogen-bond acceptors (Lipinski definition) is 15. The van der Waals surface area contributed by atoms with Gasteiger partial charge in [-0.3, -0.25) is 24.3 Å². The van der Waals surface area contributed by atoms with Crippen molar-refractivity contribution in [2.75, 3.05) is 59.6 Å². The number of allylic oxidation sites excluding steroid dienone is 2. The summed E-state index contributed by atoms with van der Waals surface area (Å²) in [7, 11) is 4.93. The van der Waals surface area contributed by atoms with E-state index in [1.165, 1.54) is 28.4 Å². The number of ether oxygens (including phenoxy) is 5. The number of carbonyl (C=O) groups excluding carboxylic acids is 6. The molecule has 360 valence electrons. The largest absolute Gasteiger partial charge is 0.466 e. The Labute approximate surface area is 404 Å². The molecule has 0 bridgehead atoms. The highest BCUT2D eigenvalue weighted by Gasteiger charge is 2.68. The first-order valence-corrected chi connectivity index (χ1v) is 23.3. The van der Waals surface area contributed by atoms with Gasteiger partial charge in [0.05, 0.1) is 88.8 Å². The van der Waals surface area contributed by atoms with Crippen LogP contribution in [0.3, 0.4) is 0 Å². The molecule has 0 radical (unpaired) electrons. The van der Waals surface area contributed by atoms with Crippen LogP contribution in [0.4, 0.5) is 5.69 Å². The Morgan fingerprint density at radius 3 is 1.80 bits per heavy atom. The molecule has 3 aromatic carbocycles. The zero-order valence-corrected chi connectivity index (χ0v) is 39.2. The lowest BCUT2D eigenvalue weighted by molar-refractivity contribution is -0.140. The molecule has 2 spiro atoms. The second-order valence-corrected chi connectivity index (χ2v) is 18.1. The molecule has 17 nitrogen and oxygen atoms in total. The van der Waals surface area contributed by atoms with E-state index >= 15 is 0 Å². The van der Waals surface area contributed by atoms with Crippen molar-refractivity contribution in [3.8, 4) is 0 Å². The number of benzene rings is 3. The van der Waals surface area contributed by atoms with Crippen LogP contribution in [0.1, 0.15) is 36.0 Å². The van der Waals surface area contributed by atoms with Crippen molar-refractivity contribution in [1.82, 2.24) is 14.7 Å². The normalized spacial score (nSPS) is 26.1. The van der Waals surface area contributed by atoms with E-state index in [1.807, 2.05) is 102 Å². The van der Waals surface area contributed by atoms with Gasteiger partial charge in [-0.25, -0.2) is 29.2 Å². The predicted octanol–water partition coefficient (Wildman–Crippen LogP) is 4.19. The number of rotatable bonds is 14. The van der Waals surface area contributed by atoms with Gasteiger partial charge < -0.3 is 28.6 Å². The number of methoxy groups -OCH3 is 4. The lowest BCUT2D eigenvalue weighted by atomic mass is 9.61. The second-order valence-electron chi connectivity index (χ2n) is 18.1. The third kappa shape index (κ3) is 7.12. The van der Waals surface area contributed by atoms with Gasteiger partial charge in [0, 0.05) is 43.6 Å². The van der Waals surface area contributed by atoms with Crippen LogP contribution in [0.5, 0.6) is 0 Å². The second kappa shape index (κ2) is 18.4. The lowest BCUT2D eigenvalue weighted by Crippen LogP contribution is -2.61. The minimum absolute atomic E-state index is 0.0280. The Hall–Kier alpha value is -7.50. The number of hydrogen-bond donors (Lipinski definition) is 0. The first-order valence-electron chi connectivity index (χ1n) is 23.3. The standard InChI is InChI=1S/C53H52N6O11/c1-66-46(62)40-42(48(64)68-3)54-50-52(24-23-38(60)58(50)30-32-15-7-5-8-16-32)34-19-11-13-21-36(34)56(44(40)52)25-27-70-28-26-57-37-22-14-12-20-35(37)53-29-39(61)59(31-33-17-9-6-10-18-33)51(53)55-43(49(65)69-4)41(45(53)57)47(63)67-2/h5-22,34,36,44-45H,23-31H2,1-4H3/t34?,36?,44?,45?,52-,53-/m0/s1. The Kier molecular flexibility index (Phi) is 12.2. The van der Waals surface area contributed by atoms with Crippen LogP contribution in [0.15, 0.2) is 142 Å². The van der Waals surface area contributed by atoms with Gasteiger partial charge in [0.25, 0.3) is 0 Å². The SMILES string of the molecule is COC(=O)C1=C(C(=O)OC)C2N(CCOCCN3c4ccccc4[C@]45CC(=O)N(Cc6ccccc6)C4=NC(C(=O)OC)=C(C(=O)OC)C35)C3C=CC=CC3[C@@]23CCC(=O)N(Cc2ccccc2)C3=N1. The van der Waals surface area contributed by atoms with Crippen LogP contribution in [-0.2, 0) is 71.0 Å². The number of aliphatic imine (C=N–C) groups is 2. The molecule has 17 heteroatoms. The van der Waals surface area contributed by atoms with E-state index in [0.29, 0.717) is 18.1 Å². The van der Waals surface area contributed by atoms with Crippen molar-refractivity contribution >= 4 is 53.1 Å². The number of nitrogens with zero attached hydrogens (tertiary/aromatic N) is 6. The molecule has 4 unspecified atom stereocenters. The maximum atomic E-state index is 14.3. The van der Waals surface area contributed by atoms with E-state index in [-0.39, 0.29) is 98.5 Å². The molecule has 70 heavy (non-hydrogen) atoms. The summed E-state index contributed by atoms with van der Waals surface area (Å²) in [5.41, 5.74) is 0.673. The molecule has 7 aliphatic rings. The molecule has 3 aromatic rings. The number of amides is 2. The summed E-state index contributed by atoms with van der Waals surface area (Å²) in [6.45, 7) is 1.12. The van der Waals surface area contributed by atoms with Crippen LogP contribution in [0.2, 0.25) is 0 Å². The molecule has 0 aromatic heterocycles. The summed E-state index contributed by atoms with van der Waals surface area (Å²) in [5, 5.41) is 0. The smallest absolute Gasteiger partial charge is 0.357 e. The predicted molar refractivity (Wildman–Crippen MR) is 253 cm³/mol. The number of fused-ring (bicyclic) bond motifs is 2. The lowest BCUT2D eigenvalue weighted by Gasteiger charge is -2.50. The zero-order chi connectivity index (χ0) is 48.9. The third-order valence-electron chi connectivity index (χ3n) is 14.9. The monoisotopic (exact) mass is 948 g/mol. The average Bonchev–Trinajstić information content (AvgIpc) is 3.95. The number of amidine groups is 2. The van der Waals surface area contributed by atoms with Gasteiger partial charge in [-0.1, -0.05) is 103 Å². The quantitative estimate of drug-likeness (QED) is 0.127. The Balaban J connectivity index is 0.981. The Morgan fingerprint density at radius 2 is 1.17 bits per heavy atom. The van der Waals surface area contributed by atoms with Crippen molar-refractivity contribution in [3.63, 3.8) is 0 Å². The molecule has 6 heterocycles. The van der Waals surface area contributed by atoms with Gasteiger partial charge in [-0.15, -0.1) is 0 Å². The van der Waals surface area contributed by atoms with Crippen LogP contribution in [0, 0.1) is 11.3 Å². The number of piperidine rings is 1. The van der Waals surface area contributed by atoms with Crippen LogP contribution in [-0.4, -0.2) is 135 Å². The van der Waals surface area contributed by atoms with Gasteiger partial charge in [0.2, 0.25) is 11.8 Å². The van der Waals surface area contributed by atoms with Gasteiger partial charge in [-0.2, -0.15) is 0 Å². The maximum Gasteiger partial charge on any atom is 0.357 e. The Morgan fingerprint density at radius 1 is 0.629 bits per heavy atom. The molecule has 0 saturated carbocycles. The summed E-state index contributed by atoms with van der Waals surface area (Å²) >= 11 is 0. The van der Waals surface area contributed by atoms with Gasteiger partial charge in [-0.05, 0) is 29.2 Å². The molecular weight excluding hydrogens is 897 g/mol. The average molecular weight is 949 g/mol. The van der Waals surface area contributed by atoms with E-state index < -0.39 is 46.8 Å². The van der Waals surface area contributed by atoms with Crippen molar-refractivity contribution in [3.05, 3.63) is 148 Å². The number of anilines is 1. The molecule has 0 N–H and O–H groups in total. The zero-order valence-electron chi connectivity index (χ0n) is 39.2. The van der Waals surface area contributed by atoms with Crippen LogP contribution < -0.4 is 4.90 Å². The first-order chi connectivity index (χ1) is 34.0. The summed E-state index contributed by atoms with van der Waals surface area (Å²) < 4.78 is 27.8. The van der Waals surface area contributed by atoms with Gasteiger partial charge in [0.15, 0.2) is 11.4 Å². The van der Waals surface area contributed by atoms with Crippen molar-refractivity contribution in [2.45, 2.75) is 55.9 Å². The van der Waals surface area contributed by atoms with E-state index in [4.69, 9.17) is 33.7 Å². The molecule has 3 saturated heterocycles. The fraction of sp³-hybridized carbons (Fsp3) is 0.358. The van der Waals surface area contributed by atoms with E-state index in [9.17, 15) is 28.8 Å². The highest BCUT2D eigenvalue weighted by Crippen LogP contribution is 2.59. The van der Waals surface area contributed by atoms with Gasteiger partial charge in [0.1, 0.15) is 11.7 Å². The Bertz CT molecular complexity index is 2870. The van der Waals surface area contributed by atoms with Crippen LogP contribution >= 0.6 is 0 Å². The maximum absolute atomic E-state index is 14.3. The van der Waals surface area contributed by atoms with Crippen molar-refractivity contribution in [1.29, 1.82) is 0 Å². The summed E-state index contributed by atoms with van der Waals surface area (Å²) in [6.07, 6.45) is 8.56. The highest BCUT2D eigenvalue weighted by molar-refractivity contribution is 6.19. The van der Waals surface area contributed by atoms with E-state index in [1.54, 1.807) is 9.80 Å². The number of esters is 4. The minimum Gasteiger partial charge on any atom is -0.466 e.